The number of tetrazole rings is 1. The molecule has 2 aromatic rings. The standard InChI is InChI=1S/C10H12FN5O/c1-6(12-5-10-13-15-16-14-10)8-3-2-7(17)4-9(8)11/h2-4,6,12,17H,5H2,1H3,(H,13,14,15,16). The van der Waals surface area contributed by atoms with Crippen molar-refractivity contribution < 1.29 is 9.50 Å². The number of phenols is 1. The largest absolute Gasteiger partial charge is 0.508 e. The molecule has 1 heterocycles. The summed E-state index contributed by atoms with van der Waals surface area (Å²) in [6.45, 7) is 2.20. The van der Waals surface area contributed by atoms with E-state index in [0.717, 1.165) is 6.07 Å². The molecule has 1 aromatic carbocycles. The highest BCUT2D eigenvalue weighted by atomic mass is 19.1. The van der Waals surface area contributed by atoms with Gasteiger partial charge in [-0.1, -0.05) is 11.3 Å². The molecule has 2 rings (SSSR count). The van der Waals surface area contributed by atoms with E-state index in [-0.39, 0.29) is 11.8 Å². The van der Waals surface area contributed by atoms with Crippen LogP contribution in [0.4, 0.5) is 4.39 Å². The number of aromatic amines is 1. The Bertz CT molecular complexity index is 487. The number of benzene rings is 1. The molecule has 0 radical (unpaired) electrons. The summed E-state index contributed by atoms with van der Waals surface area (Å²) in [6, 6.07) is 3.86. The molecule has 3 N–H and O–H groups in total. The first-order valence-electron chi connectivity index (χ1n) is 5.11. The second kappa shape index (κ2) is 4.88. The van der Waals surface area contributed by atoms with Gasteiger partial charge in [0.05, 0.1) is 6.54 Å². The molecule has 0 saturated carbocycles. The molecule has 0 aliphatic carbocycles. The Labute approximate surface area is 96.9 Å². The lowest BCUT2D eigenvalue weighted by Crippen LogP contribution is -2.19. The monoisotopic (exact) mass is 237 g/mol. The smallest absolute Gasteiger partial charge is 0.188 e. The van der Waals surface area contributed by atoms with E-state index in [9.17, 15) is 4.39 Å². The number of H-pyrrole nitrogens is 1. The second-order valence-corrected chi connectivity index (χ2v) is 3.64. The molecule has 7 heteroatoms. The van der Waals surface area contributed by atoms with Crippen molar-refractivity contribution in [2.75, 3.05) is 0 Å². The summed E-state index contributed by atoms with van der Waals surface area (Å²) in [5, 5.41) is 25.5. The lowest BCUT2D eigenvalue weighted by molar-refractivity contribution is 0.463. The number of hydrogen-bond donors (Lipinski definition) is 3. The average molecular weight is 237 g/mol. The van der Waals surface area contributed by atoms with E-state index in [1.165, 1.54) is 6.07 Å². The number of aromatic nitrogens is 4. The van der Waals surface area contributed by atoms with E-state index in [4.69, 9.17) is 5.11 Å². The van der Waals surface area contributed by atoms with E-state index < -0.39 is 5.82 Å². The second-order valence-electron chi connectivity index (χ2n) is 3.64. The highest BCUT2D eigenvalue weighted by Gasteiger charge is 2.11. The number of phenolic OH excluding ortho intramolecular Hbond substituents is 1. The van der Waals surface area contributed by atoms with E-state index in [0.29, 0.717) is 17.9 Å². The predicted molar refractivity (Wildman–Crippen MR) is 57.5 cm³/mol. The number of aromatic hydroxyl groups is 1. The fourth-order valence-electron chi connectivity index (χ4n) is 1.48. The highest BCUT2D eigenvalue weighted by molar-refractivity contribution is 5.29. The summed E-state index contributed by atoms with van der Waals surface area (Å²) in [6.07, 6.45) is 0. The Morgan fingerprint density at radius 1 is 1.53 bits per heavy atom. The summed E-state index contributed by atoms with van der Waals surface area (Å²) in [7, 11) is 0. The minimum Gasteiger partial charge on any atom is -0.508 e. The van der Waals surface area contributed by atoms with Crippen LogP contribution >= 0.6 is 0 Å². The molecule has 1 aromatic heterocycles. The van der Waals surface area contributed by atoms with E-state index >= 15 is 0 Å². The summed E-state index contributed by atoms with van der Waals surface area (Å²) >= 11 is 0. The van der Waals surface area contributed by atoms with Gasteiger partial charge in [0.1, 0.15) is 11.6 Å². The molecule has 0 fully saturated rings. The minimum absolute atomic E-state index is 0.0865. The van der Waals surface area contributed by atoms with E-state index in [1.54, 1.807) is 6.07 Å². The molecular formula is C10H12FN5O. The third-order valence-corrected chi connectivity index (χ3v) is 2.41. The fourth-order valence-corrected chi connectivity index (χ4v) is 1.48. The zero-order valence-electron chi connectivity index (χ0n) is 9.18. The first-order valence-corrected chi connectivity index (χ1v) is 5.11. The molecule has 90 valence electrons. The fraction of sp³-hybridized carbons (Fsp3) is 0.300. The Morgan fingerprint density at radius 2 is 2.35 bits per heavy atom. The van der Waals surface area contributed by atoms with Crippen LogP contribution in [0.5, 0.6) is 5.75 Å². The number of nitrogens with one attached hydrogen (secondary N) is 2. The molecule has 0 saturated heterocycles. The van der Waals surface area contributed by atoms with E-state index in [1.807, 2.05) is 6.92 Å². The molecular weight excluding hydrogens is 225 g/mol. The molecule has 0 aliphatic heterocycles. The number of hydrogen-bond acceptors (Lipinski definition) is 5. The third kappa shape index (κ3) is 2.76. The zero-order valence-corrected chi connectivity index (χ0v) is 9.18. The van der Waals surface area contributed by atoms with Crippen molar-refractivity contribution in [2.24, 2.45) is 0 Å². The van der Waals surface area contributed by atoms with Crippen LogP contribution in [0.3, 0.4) is 0 Å². The molecule has 6 nitrogen and oxygen atoms in total. The Balaban J connectivity index is 2.01. The van der Waals surface area contributed by atoms with Gasteiger partial charge in [-0.05, 0) is 13.0 Å². The van der Waals surface area contributed by atoms with Gasteiger partial charge in [-0.15, -0.1) is 10.2 Å². The van der Waals surface area contributed by atoms with Gasteiger partial charge in [0, 0.05) is 17.7 Å². The maximum Gasteiger partial charge on any atom is 0.188 e. The molecule has 17 heavy (non-hydrogen) atoms. The van der Waals surface area contributed by atoms with Crippen molar-refractivity contribution in [1.29, 1.82) is 0 Å². The van der Waals surface area contributed by atoms with Crippen molar-refractivity contribution in [2.45, 2.75) is 19.5 Å². The SMILES string of the molecule is CC(NCc1nn[nH]n1)c1ccc(O)cc1F. The topological polar surface area (TPSA) is 86.7 Å². The normalized spacial score (nSPS) is 12.6. The van der Waals surface area contributed by atoms with Crippen molar-refractivity contribution in [3.63, 3.8) is 0 Å². The molecule has 0 bridgehead atoms. The van der Waals surface area contributed by atoms with Crippen LogP contribution in [0.25, 0.3) is 0 Å². The lowest BCUT2D eigenvalue weighted by atomic mass is 10.1. The van der Waals surface area contributed by atoms with Gasteiger partial charge in [0.25, 0.3) is 0 Å². The Morgan fingerprint density at radius 3 is 3.00 bits per heavy atom. The molecule has 0 spiro atoms. The summed E-state index contributed by atoms with van der Waals surface area (Å²) < 4.78 is 13.5. The van der Waals surface area contributed by atoms with Gasteiger partial charge in [-0.2, -0.15) is 5.21 Å². The van der Waals surface area contributed by atoms with Crippen LogP contribution in [0.1, 0.15) is 24.4 Å². The molecule has 0 amide bonds. The van der Waals surface area contributed by atoms with Crippen LogP contribution in [-0.4, -0.2) is 25.7 Å². The molecule has 1 unspecified atom stereocenters. The maximum absolute atomic E-state index is 13.5. The van der Waals surface area contributed by atoms with Gasteiger partial charge in [0.15, 0.2) is 5.82 Å². The highest BCUT2D eigenvalue weighted by Crippen LogP contribution is 2.20. The van der Waals surface area contributed by atoms with Gasteiger partial charge < -0.3 is 10.4 Å². The predicted octanol–water partition coefficient (Wildman–Crippen LogP) is 0.895. The molecule has 0 aliphatic rings. The van der Waals surface area contributed by atoms with Gasteiger partial charge in [0.2, 0.25) is 0 Å². The van der Waals surface area contributed by atoms with Crippen LogP contribution in [0.15, 0.2) is 18.2 Å². The van der Waals surface area contributed by atoms with Gasteiger partial charge in [-0.3, -0.25) is 0 Å². The maximum atomic E-state index is 13.5. The summed E-state index contributed by atoms with van der Waals surface area (Å²) in [4.78, 5) is 0. The zero-order chi connectivity index (χ0) is 12.3. The first-order chi connectivity index (χ1) is 8.16. The summed E-state index contributed by atoms with van der Waals surface area (Å²) in [5.41, 5.74) is 0.478. The minimum atomic E-state index is -0.446. The number of nitrogens with zero attached hydrogens (tertiary/aromatic N) is 3. The van der Waals surface area contributed by atoms with Crippen molar-refractivity contribution in [1.82, 2.24) is 25.9 Å². The Hall–Kier alpha value is -2.02. The first kappa shape index (κ1) is 11.5. The van der Waals surface area contributed by atoms with Crippen molar-refractivity contribution in [3.05, 3.63) is 35.4 Å². The van der Waals surface area contributed by atoms with Crippen molar-refractivity contribution in [3.8, 4) is 5.75 Å². The average Bonchev–Trinajstić information content (AvgIpc) is 2.78. The third-order valence-electron chi connectivity index (χ3n) is 2.41. The van der Waals surface area contributed by atoms with Gasteiger partial charge >= 0.3 is 0 Å². The Kier molecular flexibility index (Phi) is 3.29. The van der Waals surface area contributed by atoms with Gasteiger partial charge in [-0.25, -0.2) is 4.39 Å². The number of rotatable bonds is 4. The van der Waals surface area contributed by atoms with Crippen molar-refractivity contribution >= 4 is 0 Å². The van der Waals surface area contributed by atoms with Crippen LogP contribution < -0.4 is 5.32 Å². The molecule has 1 atom stereocenters. The van der Waals surface area contributed by atoms with Crippen LogP contribution in [-0.2, 0) is 6.54 Å². The van der Waals surface area contributed by atoms with E-state index in [2.05, 4.69) is 25.9 Å². The quantitative estimate of drug-likeness (QED) is 0.735. The summed E-state index contributed by atoms with van der Waals surface area (Å²) in [5.74, 6) is -0.0224. The van der Waals surface area contributed by atoms with Crippen LogP contribution in [0, 0.1) is 5.82 Å². The lowest BCUT2D eigenvalue weighted by Gasteiger charge is -2.13. The number of halogens is 1. The van der Waals surface area contributed by atoms with Crippen LogP contribution in [0.2, 0.25) is 0 Å².